The lowest BCUT2D eigenvalue weighted by molar-refractivity contribution is -0.124. The van der Waals surface area contributed by atoms with E-state index >= 15 is 0 Å². The highest BCUT2D eigenvalue weighted by atomic mass is 16.5. The largest absolute Gasteiger partial charge is 0.383 e. The van der Waals surface area contributed by atoms with Crippen LogP contribution in [0.5, 0.6) is 0 Å². The van der Waals surface area contributed by atoms with Gasteiger partial charge in [0.15, 0.2) is 0 Å². The van der Waals surface area contributed by atoms with Crippen LogP contribution >= 0.6 is 0 Å². The number of carbonyl (C=O) groups excluding carboxylic acids is 1. The second kappa shape index (κ2) is 5.19. The van der Waals surface area contributed by atoms with Gasteiger partial charge in [-0.25, -0.2) is 0 Å². The van der Waals surface area contributed by atoms with Gasteiger partial charge in [-0.05, 0) is 44.6 Å². The first-order valence-electron chi connectivity index (χ1n) is 7.28. The van der Waals surface area contributed by atoms with Crippen molar-refractivity contribution in [2.45, 2.75) is 18.3 Å². The summed E-state index contributed by atoms with van der Waals surface area (Å²) in [5.74, 6) is 0.267. The molecule has 20 heavy (non-hydrogen) atoms. The number of rotatable bonds is 3. The van der Waals surface area contributed by atoms with Crippen LogP contribution in [-0.2, 0) is 14.9 Å². The maximum Gasteiger partial charge on any atom is 0.237 e. The average molecular weight is 274 g/mol. The minimum Gasteiger partial charge on any atom is -0.383 e. The molecule has 0 bridgehead atoms. The lowest BCUT2D eigenvalue weighted by Crippen LogP contribution is -2.48. The Kier molecular flexibility index (Phi) is 3.52. The van der Waals surface area contributed by atoms with Crippen LogP contribution in [0.3, 0.4) is 0 Å². The Hall–Kier alpha value is -1.39. The topological polar surface area (TPSA) is 32.8 Å². The summed E-state index contributed by atoms with van der Waals surface area (Å²) in [5.41, 5.74) is 2.00. The Morgan fingerprint density at radius 1 is 1.25 bits per heavy atom. The van der Waals surface area contributed by atoms with E-state index in [1.807, 2.05) is 17.0 Å². The SMILES string of the molecule is COCCN1C(=O)C2(CCN(C)CC2)c2ccccc21. The van der Waals surface area contributed by atoms with Crippen LogP contribution in [0.1, 0.15) is 18.4 Å². The summed E-state index contributed by atoms with van der Waals surface area (Å²) in [6, 6.07) is 8.26. The Morgan fingerprint density at radius 3 is 2.65 bits per heavy atom. The fraction of sp³-hybridized carbons (Fsp3) is 0.562. The van der Waals surface area contributed by atoms with Crippen LogP contribution in [0.25, 0.3) is 0 Å². The van der Waals surface area contributed by atoms with Gasteiger partial charge in [0.25, 0.3) is 0 Å². The molecule has 1 aromatic rings. The van der Waals surface area contributed by atoms with Crippen LogP contribution in [0.2, 0.25) is 0 Å². The van der Waals surface area contributed by atoms with Crippen LogP contribution in [0.4, 0.5) is 5.69 Å². The molecule has 1 fully saturated rings. The number of fused-ring (bicyclic) bond motifs is 2. The van der Waals surface area contributed by atoms with E-state index in [1.54, 1.807) is 7.11 Å². The van der Waals surface area contributed by atoms with Gasteiger partial charge in [0.2, 0.25) is 5.91 Å². The summed E-state index contributed by atoms with van der Waals surface area (Å²) in [7, 11) is 3.80. The molecule has 2 aliphatic heterocycles. The van der Waals surface area contributed by atoms with Gasteiger partial charge in [0.1, 0.15) is 0 Å². The van der Waals surface area contributed by atoms with Gasteiger partial charge in [-0.2, -0.15) is 0 Å². The summed E-state index contributed by atoms with van der Waals surface area (Å²) in [6.45, 7) is 3.19. The third kappa shape index (κ3) is 1.95. The molecule has 4 heteroatoms. The van der Waals surface area contributed by atoms with Crippen molar-refractivity contribution >= 4 is 11.6 Å². The number of hydrogen-bond donors (Lipinski definition) is 0. The third-order valence-corrected chi connectivity index (χ3v) is 4.72. The highest BCUT2D eigenvalue weighted by Crippen LogP contribution is 2.47. The molecule has 2 aliphatic rings. The maximum absolute atomic E-state index is 13.0. The van der Waals surface area contributed by atoms with Gasteiger partial charge >= 0.3 is 0 Å². The molecular weight excluding hydrogens is 252 g/mol. The molecule has 1 amide bonds. The van der Waals surface area contributed by atoms with E-state index in [1.165, 1.54) is 5.56 Å². The number of benzene rings is 1. The second-order valence-electron chi connectivity index (χ2n) is 5.85. The third-order valence-electron chi connectivity index (χ3n) is 4.72. The van der Waals surface area contributed by atoms with Crippen molar-refractivity contribution in [3.05, 3.63) is 29.8 Å². The van der Waals surface area contributed by atoms with Gasteiger partial charge in [-0.15, -0.1) is 0 Å². The molecule has 0 radical (unpaired) electrons. The van der Waals surface area contributed by atoms with E-state index < -0.39 is 0 Å². The Bertz CT molecular complexity index is 507. The zero-order valence-electron chi connectivity index (χ0n) is 12.3. The van der Waals surface area contributed by atoms with E-state index in [-0.39, 0.29) is 11.3 Å². The predicted octanol–water partition coefficient (Wildman–Crippen LogP) is 1.64. The molecule has 1 saturated heterocycles. The lowest BCUT2D eigenvalue weighted by atomic mass is 9.74. The van der Waals surface area contributed by atoms with Crippen LogP contribution in [0, 0.1) is 0 Å². The van der Waals surface area contributed by atoms with Crippen molar-refractivity contribution in [1.82, 2.24) is 4.90 Å². The number of para-hydroxylation sites is 1. The molecule has 3 rings (SSSR count). The minimum atomic E-state index is -0.295. The summed E-state index contributed by atoms with van der Waals surface area (Å²) < 4.78 is 5.16. The number of nitrogens with zero attached hydrogens (tertiary/aromatic N) is 2. The lowest BCUT2D eigenvalue weighted by Gasteiger charge is -2.36. The zero-order chi connectivity index (χ0) is 14.2. The molecule has 4 nitrogen and oxygen atoms in total. The van der Waals surface area contributed by atoms with E-state index in [0.717, 1.165) is 31.6 Å². The molecule has 1 spiro atoms. The average Bonchev–Trinajstić information content (AvgIpc) is 2.70. The minimum absolute atomic E-state index is 0.267. The predicted molar refractivity (Wildman–Crippen MR) is 79.1 cm³/mol. The molecule has 108 valence electrons. The summed E-state index contributed by atoms with van der Waals surface area (Å²) in [5, 5.41) is 0. The first-order chi connectivity index (χ1) is 9.69. The van der Waals surface area contributed by atoms with E-state index in [4.69, 9.17) is 4.74 Å². The van der Waals surface area contributed by atoms with E-state index in [2.05, 4.69) is 24.1 Å². The molecule has 2 heterocycles. The summed E-state index contributed by atoms with van der Waals surface area (Å²) >= 11 is 0. The van der Waals surface area contributed by atoms with Gasteiger partial charge in [0.05, 0.1) is 12.0 Å². The van der Waals surface area contributed by atoms with Crippen LogP contribution in [-0.4, -0.2) is 51.2 Å². The van der Waals surface area contributed by atoms with Crippen molar-refractivity contribution in [1.29, 1.82) is 0 Å². The number of likely N-dealkylation sites (tertiary alicyclic amines) is 1. The number of anilines is 1. The van der Waals surface area contributed by atoms with Gasteiger partial charge in [0, 0.05) is 19.3 Å². The normalized spacial score (nSPS) is 21.5. The van der Waals surface area contributed by atoms with Crippen LogP contribution in [0.15, 0.2) is 24.3 Å². The molecule has 0 atom stereocenters. The zero-order valence-corrected chi connectivity index (χ0v) is 12.3. The molecule has 1 aromatic carbocycles. The smallest absolute Gasteiger partial charge is 0.237 e. The van der Waals surface area contributed by atoms with E-state index in [0.29, 0.717) is 13.2 Å². The molecule has 0 aromatic heterocycles. The number of methoxy groups -OCH3 is 1. The van der Waals surface area contributed by atoms with Gasteiger partial charge < -0.3 is 14.5 Å². The molecule has 0 aliphatic carbocycles. The maximum atomic E-state index is 13.0. The van der Waals surface area contributed by atoms with Gasteiger partial charge in [-0.1, -0.05) is 18.2 Å². The number of amides is 1. The summed E-state index contributed by atoms with van der Waals surface area (Å²) in [6.07, 6.45) is 1.84. The number of hydrogen-bond acceptors (Lipinski definition) is 3. The Morgan fingerprint density at radius 2 is 1.95 bits per heavy atom. The molecule has 0 N–H and O–H groups in total. The summed E-state index contributed by atoms with van der Waals surface area (Å²) in [4.78, 5) is 17.2. The second-order valence-corrected chi connectivity index (χ2v) is 5.85. The highest BCUT2D eigenvalue weighted by molar-refractivity contribution is 6.08. The monoisotopic (exact) mass is 274 g/mol. The van der Waals surface area contributed by atoms with Crippen molar-refractivity contribution in [2.24, 2.45) is 0 Å². The standard InChI is InChI=1S/C16H22N2O2/c1-17-9-7-16(8-10-17)13-5-3-4-6-14(13)18(15(16)19)11-12-20-2/h3-6H,7-12H2,1-2H3. The quantitative estimate of drug-likeness (QED) is 0.840. The number of piperidine rings is 1. The molecule has 0 saturated carbocycles. The Balaban J connectivity index is 1.98. The Labute approximate surface area is 120 Å². The molecule has 0 unspecified atom stereocenters. The first-order valence-corrected chi connectivity index (χ1v) is 7.28. The number of ether oxygens (including phenoxy) is 1. The van der Waals surface area contributed by atoms with Crippen molar-refractivity contribution < 1.29 is 9.53 Å². The highest BCUT2D eigenvalue weighted by Gasteiger charge is 2.51. The van der Waals surface area contributed by atoms with Crippen LogP contribution < -0.4 is 4.90 Å². The van der Waals surface area contributed by atoms with Crippen molar-refractivity contribution in [3.8, 4) is 0 Å². The molecular formula is C16H22N2O2. The number of carbonyl (C=O) groups is 1. The van der Waals surface area contributed by atoms with E-state index in [9.17, 15) is 4.79 Å². The van der Waals surface area contributed by atoms with Crippen molar-refractivity contribution in [2.75, 3.05) is 45.3 Å². The van der Waals surface area contributed by atoms with Gasteiger partial charge in [-0.3, -0.25) is 4.79 Å². The van der Waals surface area contributed by atoms with Crippen molar-refractivity contribution in [3.63, 3.8) is 0 Å². The first kappa shape index (κ1) is 13.6. The fourth-order valence-corrected chi connectivity index (χ4v) is 3.48. The fourth-order valence-electron chi connectivity index (χ4n) is 3.48.